The van der Waals surface area contributed by atoms with Crippen LogP contribution in [0.3, 0.4) is 0 Å². The largest absolute Gasteiger partial charge is 0.478 e. The molecule has 5 amide bonds. The Morgan fingerprint density at radius 3 is 1.20 bits per heavy atom. The summed E-state index contributed by atoms with van der Waals surface area (Å²) in [5, 5.41) is 54.7. The van der Waals surface area contributed by atoms with Gasteiger partial charge in [-0.25, -0.2) is 24.0 Å². The number of nitrogens with one attached hydrogen (secondary N) is 1. The third kappa shape index (κ3) is 21.8. The minimum absolute atomic E-state index is 0. The van der Waals surface area contributed by atoms with Crippen LogP contribution < -0.4 is 30.3 Å². The number of carboxylic acid groups (broad SMARTS) is 1. The van der Waals surface area contributed by atoms with Gasteiger partial charge in [0.2, 0.25) is 29.5 Å². The lowest BCUT2D eigenvalue weighted by Gasteiger charge is -2.37. The third-order valence-electron chi connectivity index (χ3n) is 17.6. The molecule has 2 saturated heterocycles. The number of rotatable bonds is 19. The highest BCUT2D eigenvalue weighted by Gasteiger charge is 2.66. The minimum atomic E-state index is -2.54. The predicted octanol–water partition coefficient (Wildman–Crippen LogP) is 9.05. The molecule has 592 valence electrons. The highest BCUT2D eigenvalue weighted by Crippen LogP contribution is 2.48. The van der Waals surface area contributed by atoms with Crippen LogP contribution in [-0.2, 0) is 66.9 Å². The Labute approximate surface area is 646 Å². The standard InChI is InChI=1S/C39H50ClN3O10.C21H26O8.C18H26ClN3O3.ClH/c1-36(2,3)52-34(49)39(35(50)53-37(4,5)6)31(46)26-21-23(12-18-28(26)51-39)13-19-29(45)41-30(38(7,8)22-44)33(48)43-20-10-11-27(43)32(47)42(9)25-16-14-24(40)15-17-25;1-19(2,3)28-17(25)21(18(26)29-20(4,5)6)16(24)13-11-12(8-10-15(22)23)7-9-14(13)27-21;1-18(2,11-23)15(20)17(25)22-10-4-5-14(22)16(24)21(3)13-8-6-12(19)7-9-13;/h12-19,21,27,30-31,44,46H,10-11,20,22H2,1-9H3,(H,41,45);7-11,16,24H,1-6H3,(H,22,23);6-9,14-15,23H,4-5,10-11,20H2,1-3H3;1H/b19-13+;10-8+;;/t27-,30+,31?;;14-,15+;/m0.0./s1. The van der Waals surface area contributed by atoms with E-state index >= 15 is 0 Å². The molecule has 27 nitrogen and oxygen atoms in total. The molecule has 0 radical (unpaired) electrons. The van der Waals surface area contributed by atoms with Crippen molar-refractivity contribution < 1.29 is 102 Å². The van der Waals surface area contributed by atoms with E-state index in [1.165, 1.54) is 63.3 Å². The lowest BCUT2D eigenvalue weighted by atomic mass is 9.84. The van der Waals surface area contributed by atoms with E-state index < -0.39 is 129 Å². The van der Waals surface area contributed by atoms with Crippen molar-refractivity contribution in [1.29, 1.82) is 0 Å². The number of halogens is 3. The number of hydrogen-bond acceptors (Lipinski definition) is 21. The highest BCUT2D eigenvalue weighted by atomic mass is 35.5. The number of anilines is 2. The maximum Gasteiger partial charge on any atom is 0.366 e. The Kier molecular flexibility index (Phi) is 29.4. The molecule has 108 heavy (non-hydrogen) atoms. The quantitative estimate of drug-likeness (QED) is 0.0199. The molecule has 2 fully saturated rings. The summed E-state index contributed by atoms with van der Waals surface area (Å²) in [6.07, 6.45) is 3.68. The van der Waals surface area contributed by atoms with E-state index in [4.69, 9.17) is 62.5 Å². The number of likely N-dealkylation sites (N-methyl/N-ethyl adjacent to an activating group) is 2. The van der Waals surface area contributed by atoms with Gasteiger partial charge in [0.1, 0.15) is 64.2 Å². The fourth-order valence-electron chi connectivity index (χ4n) is 11.6. The number of nitrogens with two attached hydrogens (primary N) is 1. The first-order chi connectivity index (χ1) is 49.3. The minimum Gasteiger partial charge on any atom is -0.478 e. The van der Waals surface area contributed by atoms with Gasteiger partial charge in [0.25, 0.3) is 0 Å². The summed E-state index contributed by atoms with van der Waals surface area (Å²) in [6.45, 7) is 26.3. The maximum atomic E-state index is 14.1. The third-order valence-corrected chi connectivity index (χ3v) is 18.1. The number of likely N-dealkylation sites (tertiary alicyclic amines) is 2. The molecule has 4 aromatic carbocycles. The van der Waals surface area contributed by atoms with E-state index in [9.17, 15) is 68.4 Å². The molecule has 4 heterocycles. The molecule has 8 rings (SSSR count). The molecule has 6 atom stereocenters. The van der Waals surface area contributed by atoms with Crippen molar-refractivity contribution in [3.05, 3.63) is 129 Å². The molecule has 30 heteroatoms. The van der Waals surface area contributed by atoms with Crippen molar-refractivity contribution in [1.82, 2.24) is 15.1 Å². The fraction of sp³-hybridized carbons (Fsp3) is 0.513. The Morgan fingerprint density at radius 1 is 0.546 bits per heavy atom. The van der Waals surface area contributed by atoms with Gasteiger partial charge in [-0.2, -0.15) is 0 Å². The number of aliphatic hydroxyl groups is 4. The molecule has 0 saturated carbocycles. The van der Waals surface area contributed by atoms with Crippen molar-refractivity contribution in [3.63, 3.8) is 0 Å². The molecule has 0 aliphatic carbocycles. The van der Waals surface area contributed by atoms with Gasteiger partial charge in [0, 0.05) is 82.7 Å². The summed E-state index contributed by atoms with van der Waals surface area (Å²) in [7, 11) is 3.30. The average molecular weight is 1570 g/mol. The lowest BCUT2D eigenvalue weighted by molar-refractivity contribution is -0.202. The summed E-state index contributed by atoms with van der Waals surface area (Å²) in [5.74, 6) is -7.32. The number of carbonyl (C=O) groups is 10. The Bertz CT molecular complexity index is 3970. The zero-order valence-corrected chi connectivity index (χ0v) is 66.6. The summed E-state index contributed by atoms with van der Waals surface area (Å²) < 4.78 is 33.2. The number of nitrogens with zero attached hydrogens (tertiary/aromatic N) is 4. The van der Waals surface area contributed by atoms with Crippen LogP contribution in [0.15, 0.2) is 97.1 Å². The molecule has 2 unspecified atom stereocenters. The van der Waals surface area contributed by atoms with Crippen LogP contribution in [0.2, 0.25) is 10.0 Å². The summed E-state index contributed by atoms with van der Waals surface area (Å²) >= 11 is 11.9. The van der Waals surface area contributed by atoms with E-state index in [0.29, 0.717) is 64.9 Å². The van der Waals surface area contributed by atoms with E-state index in [1.807, 2.05) is 0 Å². The molecule has 0 bridgehead atoms. The second kappa shape index (κ2) is 35.3. The molecule has 4 aliphatic rings. The molecular weight excluding hydrogens is 1460 g/mol. The Morgan fingerprint density at radius 2 is 0.880 bits per heavy atom. The smallest absolute Gasteiger partial charge is 0.366 e. The predicted molar refractivity (Wildman–Crippen MR) is 407 cm³/mol. The number of amides is 5. The molecule has 4 aliphatic heterocycles. The molecule has 8 N–H and O–H groups in total. The average Bonchev–Trinajstić information content (AvgIpc) is 1.58. The van der Waals surface area contributed by atoms with Gasteiger partial charge in [-0.15, -0.1) is 12.4 Å². The number of ether oxygens (including phenoxy) is 6. The lowest BCUT2D eigenvalue weighted by Crippen LogP contribution is -2.59. The SMILES string of the molecule is CC(C)(C)OC(=O)C1(C(=O)OC(C)(C)C)Oc2ccc(/C=C/C(=O)O)cc2C1O.CN(C(=O)[C@@H]1CCCN1C(=O)[C@@H](N)C(C)(C)CO)c1ccc(Cl)cc1.CN(C(=O)[C@@H]1CCCN1C(=O)[C@@H](NC(=O)/C=C/c1ccc2c(c1)C(O)C(C(=O)OC(C)(C)C)(C(=O)OC(C)(C)C)O2)C(C)(C)CO)c1ccc(Cl)cc1.Cl. The maximum absolute atomic E-state index is 14.1. The van der Waals surface area contributed by atoms with Gasteiger partial charge < -0.3 is 84.6 Å². The molecule has 4 aromatic rings. The Balaban J connectivity index is 0.000000319. The molecule has 0 spiro atoms. The van der Waals surface area contributed by atoms with Crippen LogP contribution >= 0.6 is 35.6 Å². The van der Waals surface area contributed by atoms with Gasteiger partial charge in [0.15, 0.2) is 0 Å². The van der Waals surface area contributed by atoms with Crippen LogP contribution in [0.1, 0.15) is 171 Å². The summed E-state index contributed by atoms with van der Waals surface area (Å²) in [6, 6.07) is 19.2. The van der Waals surface area contributed by atoms with E-state index in [1.54, 1.807) is 184 Å². The van der Waals surface area contributed by atoms with Gasteiger partial charge in [-0.1, -0.05) is 63.0 Å². The number of carbonyl (C=O) groups excluding carboxylic acids is 9. The first-order valence-electron chi connectivity index (χ1n) is 34.8. The number of esters is 4. The second-order valence-corrected chi connectivity index (χ2v) is 32.8. The first kappa shape index (κ1) is 89.9. The second-order valence-electron chi connectivity index (χ2n) is 31.9. The van der Waals surface area contributed by atoms with E-state index in [-0.39, 0.29) is 59.4 Å². The number of aliphatic carboxylic acids is 1. The highest BCUT2D eigenvalue weighted by molar-refractivity contribution is 6.31. The van der Waals surface area contributed by atoms with Crippen LogP contribution in [0, 0.1) is 10.8 Å². The molecule has 0 aromatic heterocycles. The van der Waals surface area contributed by atoms with Gasteiger partial charge in [-0.3, -0.25) is 24.0 Å². The van der Waals surface area contributed by atoms with Crippen LogP contribution in [0.4, 0.5) is 11.4 Å². The normalized spacial score (nSPS) is 18.5. The van der Waals surface area contributed by atoms with Crippen molar-refractivity contribution in [2.24, 2.45) is 16.6 Å². The van der Waals surface area contributed by atoms with Crippen LogP contribution in [0.25, 0.3) is 12.2 Å². The van der Waals surface area contributed by atoms with Gasteiger partial charge in [0.05, 0.1) is 19.3 Å². The number of aliphatic hydroxyl groups excluding tert-OH is 4. The molecular formula is C78H103Cl3N6O21. The zero-order valence-electron chi connectivity index (χ0n) is 64.3. The van der Waals surface area contributed by atoms with E-state index in [0.717, 1.165) is 12.5 Å². The topological polar surface area (TPSA) is 378 Å². The number of hydrogen-bond donors (Lipinski definition) is 7. The fourth-order valence-corrected chi connectivity index (χ4v) is 11.9. The van der Waals surface area contributed by atoms with Crippen LogP contribution in [0.5, 0.6) is 11.5 Å². The van der Waals surface area contributed by atoms with Crippen molar-refractivity contribution >= 4 is 119 Å². The van der Waals surface area contributed by atoms with Crippen molar-refractivity contribution in [2.45, 2.75) is 206 Å². The van der Waals surface area contributed by atoms with Gasteiger partial charge in [-0.05, 0) is 205 Å². The monoisotopic (exact) mass is 1560 g/mol. The van der Waals surface area contributed by atoms with Gasteiger partial charge >= 0.3 is 41.0 Å². The summed E-state index contributed by atoms with van der Waals surface area (Å²) in [5.41, 5.74) is -2.29. The van der Waals surface area contributed by atoms with Crippen molar-refractivity contribution in [2.75, 3.05) is 50.2 Å². The number of benzene rings is 4. The summed E-state index contributed by atoms with van der Waals surface area (Å²) in [4.78, 5) is 136. The first-order valence-corrected chi connectivity index (χ1v) is 35.6. The van der Waals surface area contributed by atoms with Crippen molar-refractivity contribution in [3.8, 4) is 11.5 Å². The van der Waals surface area contributed by atoms with E-state index in [2.05, 4.69) is 5.32 Å². The van der Waals surface area contributed by atoms with Crippen LogP contribution in [-0.4, -0.2) is 193 Å². The zero-order chi connectivity index (χ0) is 80.7. The Hall–Kier alpha value is -8.67. The number of carboxylic acids is 1. The number of fused-ring (bicyclic) bond motifs is 2.